The van der Waals surface area contributed by atoms with E-state index in [1.807, 2.05) is 0 Å². The number of phosphoric ester groups is 1. The van der Waals surface area contributed by atoms with Gasteiger partial charge >= 0.3 is 13.8 Å². The summed E-state index contributed by atoms with van der Waals surface area (Å²) in [7, 11) is -5.02. The van der Waals surface area contributed by atoms with Gasteiger partial charge in [0.1, 0.15) is 42.7 Å². The summed E-state index contributed by atoms with van der Waals surface area (Å²) >= 11 is 0. The van der Waals surface area contributed by atoms with Crippen molar-refractivity contribution < 1.29 is 58.3 Å². The second-order valence-corrected chi connectivity index (χ2v) is 17.3. The van der Waals surface area contributed by atoms with Gasteiger partial charge in [0, 0.05) is 13.0 Å². The van der Waals surface area contributed by atoms with Crippen molar-refractivity contribution in [2.45, 2.75) is 204 Å². The summed E-state index contributed by atoms with van der Waals surface area (Å²) in [6.07, 6.45) is 37.0. The van der Waals surface area contributed by atoms with Crippen LogP contribution in [-0.4, -0.2) is 98.9 Å². The molecular formula is C48H83O12P. The molecule has 61 heavy (non-hydrogen) atoms. The monoisotopic (exact) mass is 883 g/mol. The Hall–Kier alpha value is -2.22. The molecule has 1 rings (SSSR count). The van der Waals surface area contributed by atoms with Crippen LogP contribution in [-0.2, 0) is 27.9 Å². The molecule has 1 aliphatic rings. The van der Waals surface area contributed by atoms with Gasteiger partial charge in [0.25, 0.3) is 0 Å². The van der Waals surface area contributed by atoms with Crippen molar-refractivity contribution in [3.63, 3.8) is 0 Å². The summed E-state index contributed by atoms with van der Waals surface area (Å²) in [5.74, 6) is -0.490. The molecule has 1 saturated carbocycles. The maximum Gasteiger partial charge on any atom is 0.472 e. The SMILES string of the molecule is CC/C=C\C/C=C\C/C=C\C/C=C\C/C=C\C/C=C\CCCCCCCOCC(COP(=O)(O)OC1C(O)C(O)C(O)C(O)C1O)OC(=O)CCCCCCCCCCCC. The van der Waals surface area contributed by atoms with Crippen LogP contribution in [0.1, 0.15) is 162 Å². The highest BCUT2D eigenvalue weighted by atomic mass is 31.2. The Labute approximate surface area is 368 Å². The lowest BCUT2D eigenvalue weighted by atomic mass is 9.85. The zero-order chi connectivity index (χ0) is 44.8. The fraction of sp³-hybridized carbons (Fsp3) is 0.729. The number of carbonyl (C=O) groups is 1. The number of ether oxygens (including phenoxy) is 2. The third-order valence-corrected chi connectivity index (χ3v) is 11.3. The number of esters is 1. The van der Waals surface area contributed by atoms with Gasteiger partial charge < -0.3 is 39.9 Å². The number of hydrogen-bond acceptors (Lipinski definition) is 11. The van der Waals surface area contributed by atoms with Crippen molar-refractivity contribution in [2.24, 2.45) is 0 Å². The second-order valence-electron chi connectivity index (χ2n) is 15.9. The van der Waals surface area contributed by atoms with E-state index < -0.39 is 63.1 Å². The van der Waals surface area contributed by atoms with E-state index in [9.17, 15) is 39.8 Å². The molecule has 1 aliphatic carbocycles. The molecule has 6 atom stereocenters. The summed E-state index contributed by atoms with van der Waals surface area (Å²) < 4.78 is 34.1. The van der Waals surface area contributed by atoms with Crippen molar-refractivity contribution in [1.29, 1.82) is 0 Å². The lowest BCUT2D eigenvalue weighted by Gasteiger charge is -2.41. The Morgan fingerprint density at radius 1 is 0.541 bits per heavy atom. The predicted molar refractivity (Wildman–Crippen MR) is 244 cm³/mol. The van der Waals surface area contributed by atoms with Crippen LogP contribution >= 0.6 is 7.82 Å². The summed E-state index contributed by atoms with van der Waals surface area (Å²) in [4.78, 5) is 23.1. The Kier molecular flexibility index (Phi) is 35.6. The van der Waals surface area contributed by atoms with Crippen LogP contribution in [0.25, 0.3) is 0 Å². The molecule has 0 bridgehead atoms. The maximum absolute atomic E-state index is 12.8. The van der Waals surface area contributed by atoms with Crippen LogP contribution in [0, 0.1) is 0 Å². The highest BCUT2D eigenvalue weighted by Gasteiger charge is 2.51. The number of aliphatic hydroxyl groups excluding tert-OH is 5. The summed E-state index contributed by atoms with van der Waals surface area (Å²) in [5.41, 5.74) is 0. The number of rotatable bonds is 38. The minimum absolute atomic E-state index is 0.0925. The Bertz CT molecular complexity index is 1280. The third kappa shape index (κ3) is 30.5. The Morgan fingerprint density at radius 2 is 0.967 bits per heavy atom. The molecule has 6 unspecified atom stereocenters. The molecule has 0 aromatic rings. The van der Waals surface area contributed by atoms with E-state index in [0.29, 0.717) is 13.0 Å². The second kappa shape index (κ2) is 38.3. The normalized spacial score (nSPS) is 22.8. The number of allylic oxidation sites excluding steroid dienone is 12. The van der Waals surface area contributed by atoms with Gasteiger partial charge in [-0.3, -0.25) is 13.8 Å². The van der Waals surface area contributed by atoms with E-state index in [2.05, 4.69) is 86.8 Å². The van der Waals surface area contributed by atoms with E-state index >= 15 is 0 Å². The first-order valence-corrected chi connectivity index (χ1v) is 24.8. The molecule has 13 heteroatoms. The minimum Gasteiger partial charge on any atom is -0.457 e. The van der Waals surface area contributed by atoms with E-state index in [4.69, 9.17) is 18.5 Å². The molecule has 12 nitrogen and oxygen atoms in total. The number of carbonyl (C=O) groups excluding carboxylic acids is 1. The number of hydrogen-bond donors (Lipinski definition) is 6. The van der Waals surface area contributed by atoms with Crippen LogP contribution in [0.4, 0.5) is 0 Å². The first-order chi connectivity index (χ1) is 29.5. The molecule has 0 heterocycles. The summed E-state index contributed by atoms with van der Waals surface area (Å²) in [5, 5.41) is 50.1. The third-order valence-electron chi connectivity index (χ3n) is 10.3. The van der Waals surface area contributed by atoms with E-state index in [-0.39, 0.29) is 13.0 Å². The van der Waals surface area contributed by atoms with Gasteiger partial charge in [-0.15, -0.1) is 0 Å². The fourth-order valence-corrected chi connectivity index (χ4v) is 7.62. The number of unbranched alkanes of at least 4 members (excludes halogenated alkanes) is 14. The molecule has 0 spiro atoms. The number of phosphoric acid groups is 1. The van der Waals surface area contributed by atoms with Gasteiger partial charge in [0.15, 0.2) is 0 Å². The van der Waals surface area contributed by atoms with Gasteiger partial charge in [-0.1, -0.05) is 164 Å². The lowest BCUT2D eigenvalue weighted by Crippen LogP contribution is -2.64. The number of aliphatic hydroxyl groups is 5. The Balaban J connectivity index is 2.36. The maximum atomic E-state index is 12.8. The fourth-order valence-electron chi connectivity index (χ4n) is 6.65. The highest BCUT2D eigenvalue weighted by molar-refractivity contribution is 7.47. The summed E-state index contributed by atoms with van der Waals surface area (Å²) in [6.45, 7) is 4.06. The zero-order valence-corrected chi connectivity index (χ0v) is 38.3. The van der Waals surface area contributed by atoms with Gasteiger partial charge in [-0.25, -0.2) is 4.57 Å². The van der Waals surface area contributed by atoms with E-state index in [0.717, 1.165) is 96.3 Å². The average molecular weight is 883 g/mol. The van der Waals surface area contributed by atoms with Gasteiger partial charge in [0.2, 0.25) is 0 Å². The van der Waals surface area contributed by atoms with Gasteiger partial charge in [-0.05, 0) is 64.2 Å². The van der Waals surface area contributed by atoms with E-state index in [1.165, 1.54) is 38.5 Å². The lowest BCUT2D eigenvalue weighted by molar-refractivity contribution is -0.220. The smallest absolute Gasteiger partial charge is 0.457 e. The molecule has 0 aliphatic heterocycles. The van der Waals surface area contributed by atoms with Gasteiger partial charge in [-0.2, -0.15) is 0 Å². The minimum atomic E-state index is -5.02. The van der Waals surface area contributed by atoms with Crippen LogP contribution in [0.2, 0.25) is 0 Å². The van der Waals surface area contributed by atoms with Crippen LogP contribution in [0.5, 0.6) is 0 Å². The molecule has 6 N–H and O–H groups in total. The highest BCUT2D eigenvalue weighted by Crippen LogP contribution is 2.47. The first-order valence-electron chi connectivity index (χ1n) is 23.3. The molecule has 0 amide bonds. The molecular weight excluding hydrogens is 799 g/mol. The van der Waals surface area contributed by atoms with Crippen LogP contribution < -0.4 is 0 Å². The van der Waals surface area contributed by atoms with Crippen molar-refractivity contribution in [3.8, 4) is 0 Å². The van der Waals surface area contributed by atoms with Crippen molar-refractivity contribution in [1.82, 2.24) is 0 Å². The Morgan fingerprint density at radius 3 is 1.48 bits per heavy atom. The predicted octanol–water partition coefficient (Wildman–Crippen LogP) is 9.58. The molecule has 0 radical (unpaired) electrons. The molecule has 1 fully saturated rings. The molecule has 0 saturated heterocycles. The average Bonchev–Trinajstić information content (AvgIpc) is 3.24. The van der Waals surface area contributed by atoms with Crippen molar-refractivity contribution in [2.75, 3.05) is 19.8 Å². The molecule has 0 aromatic heterocycles. The van der Waals surface area contributed by atoms with Crippen LogP contribution in [0.3, 0.4) is 0 Å². The van der Waals surface area contributed by atoms with Crippen LogP contribution in [0.15, 0.2) is 72.9 Å². The van der Waals surface area contributed by atoms with Crippen molar-refractivity contribution >= 4 is 13.8 Å². The topological polar surface area (TPSA) is 192 Å². The zero-order valence-electron chi connectivity index (χ0n) is 37.4. The van der Waals surface area contributed by atoms with E-state index in [1.54, 1.807) is 0 Å². The van der Waals surface area contributed by atoms with Crippen molar-refractivity contribution in [3.05, 3.63) is 72.9 Å². The quantitative estimate of drug-likeness (QED) is 0.0149. The van der Waals surface area contributed by atoms with Gasteiger partial charge in [0.05, 0.1) is 13.2 Å². The summed E-state index contributed by atoms with van der Waals surface area (Å²) in [6, 6.07) is 0. The molecule has 0 aromatic carbocycles. The first kappa shape index (κ1) is 56.8. The molecule has 352 valence electrons. The largest absolute Gasteiger partial charge is 0.472 e. The standard InChI is InChI=1S/C48H83O12P/c1-3-5-7-9-11-13-15-16-17-18-19-20-21-22-23-24-25-26-27-28-30-32-34-36-38-57-39-41(59-42(49)37-35-33-31-29-14-12-10-8-6-4-2)40-58-61(55,56)60-48-46(53)44(51)43(50)45(52)47(48)54/h5,7,11,13,16-17,19-20,22-23,25-26,41,43-48,50-54H,3-4,6,8-10,12,14-15,18,21,24,27-40H2,1-2H3,(H,55,56)/b7-5-,13-11-,17-16-,20-19-,23-22-,26-25-.